The maximum absolute atomic E-state index is 10.8. The fraction of sp³-hybridized carbons (Fsp3) is 0.312. The molecule has 1 aliphatic rings. The van der Waals surface area contributed by atoms with Crippen LogP contribution >= 0.6 is 0 Å². The van der Waals surface area contributed by atoms with Gasteiger partial charge >= 0.3 is 0 Å². The Bertz CT molecular complexity index is 713. The number of carbonyl (C=O) groups is 1. The van der Waals surface area contributed by atoms with Gasteiger partial charge in [-0.25, -0.2) is 4.98 Å². The predicted octanol–water partition coefficient (Wildman–Crippen LogP) is 1.66. The van der Waals surface area contributed by atoms with E-state index in [1.54, 1.807) is 23.7 Å². The van der Waals surface area contributed by atoms with Crippen LogP contribution in [0.3, 0.4) is 0 Å². The molecule has 1 fully saturated rings. The van der Waals surface area contributed by atoms with Crippen molar-refractivity contribution in [2.75, 3.05) is 20.1 Å². The van der Waals surface area contributed by atoms with Crippen molar-refractivity contribution in [3.05, 3.63) is 35.8 Å². The van der Waals surface area contributed by atoms with E-state index in [9.17, 15) is 4.79 Å². The summed E-state index contributed by atoms with van der Waals surface area (Å²) in [6.45, 7) is 2.64. The van der Waals surface area contributed by atoms with Crippen LogP contribution in [-0.2, 0) is 7.05 Å². The van der Waals surface area contributed by atoms with Crippen LogP contribution in [0.15, 0.2) is 24.4 Å². The van der Waals surface area contributed by atoms with Crippen molar-refractivity contribution in [2.24, 2.45) is 12.8 Å². The van der Waals surface area contributed by atoms with Gasteiger partial charge in [0.25, 0.3) is 0 Å². The molecule has 0 amide bonds. The highest BCUT2D eigenvalue weighted by atomic mass is 16.1. The second-order valence-corrected chi connectivity index (χ2v) is 5.28. The number of carbonyl (C=O) groups excluding carboxylic acids is 1. The van der Waals surface area contributed by atoms with Gasteiger partial charge in [-0.3, -0.25) is 4.79 Å². The van der Waals surface area contributed by atoms with Crippen molar-refractivity contribution in [3.8, 4) is 0 Å². The number of nitrogens with one attached hydrogen (secondary N) is 1. The third-order valence-corrected chi connectivity index (χ3v) is 3.74. The molecule has 0 bridgehead atoms. The molecule has 3 N–H and O–H groups in total. The van der Waals surface area contributed by atoms with E-state index < -0.39 is 0 Å². The maximum atomic E-state index is 10.8. The smallest absolute Gasteiger partial charge is 0.166 e. The lowest BCUT2D eigenvalue weighted by Gasteiger charge is -2.24. The first kappa shape index (κ1) is 15.9. The number of hydrogen-bond donors (Lipinski definition) is 2. The van der Waals surface area contributed by atoms with Crippen molar-refractivity contribution in [1.82, 2.24) is 14.5 Å². The average molecular weight is 299 g/mol. The molecule has 0 aliphatic carbocycles. The molecule has 0 aromatic carbocycles. The minimum absolute atomic E-state index is 0.542. The van der Waals surface area contributed by atoms with Crippen molar-refractivity contribution in [2.45, 2.75) is 6.42 Å². The number of aryl methyl sites for hydroxylation is 1. The summed E-state index contributed by atoms with van der Waals surface area (Å²) in [4.78, 5) is 17.5. The monoisotopic (exact) mass is 299 g/mol. The van der Waals surface area contributed by atoms with Gasteiger partial charge in [-0.2, -0.15) is 0 Å². The van der Waals surface area contributed by atoms with Crippen LogP contribution in [0.4, 0.5) is 0 Å². The highest BCUT2D eigenvalue weighted by Crippen LogP contribution is 2.18. The van der Waals surface area contributed by atoms with Crippen molar-refractivity contribution < 1.29 is 4.79 Å². The molecule has 116 valence electrons. The van der Waals surface area contributed by atoms with Gasteiger partial charge in [-0.05, 0) is 44.8 Å². The molecule has 0 spiro atoms. The zero-order chi connectivity index (χ0) is 16.1. The topological polar surface area (TPSA) is 88.0 Å². The highest BCUT2D eigenvalue weighted by Gasteiger charge is 2.08. The van der Waals surface area contributed by atoms with E-state index in [4.69, 9.17) is 11.1 Å². The Morgan fingerprint density at radius 2 is 2.05 bits per heavy atom. The van der Waals surface area contributed by atoms with Crippen LogP contribution in [0, 0.1) is 5.41 Å². The number of pyridine rings is 1. The Morgan fingerprint density at radius 3 is 2.50 bits per heavy atom. The van der Waals surface area contributed by atoms with Crippen LogP contribution in [0.25, 0.3) is 16.6 Å². The quantitative estimate of drug-likeness (QED) is 0.666. The summed E-state index contributed by atoms with van der Waals surface area (Å²) in [6.07, 6.45) is 4.69. The molecule has 0 unspecified atom stereocenters. The molecule has 0 saturated carbocycles. The first-order valence-electron chi connectivity index (χ1n) is 7.13. The van der Waals surface area contributed by atoms with Crippen LogP contribution in [0.1, 0.15) is 22.6 Å². The lowest BCUT2D eigenvalue weighted by molar-refractivity contribution is 0.111. The van der Waals surface area contributed by atoms with Gasteiger partial charge in [0.15, 0.2) is 6.29 Å². The lowest BCUT2D eigenvalue weighted by Crippen LogP contribution is -2.32. The second-order valence-electron chi connectivity index (χ2n) is 5.28. The first-order valence-corrected chi connectivity index (χ1v) is 7.13. The summed E-state index contributed by atoms with van der Waals surface area (Å²) < 4.78 is 1.71. The van der Waals surface area contributed by atoms with E-state index in [1.807, 2.05) is 6.07 Å². The van der Waals surface area contributed by atoms with Crippen molar-refractivity contribution in [3.63, 3.8) is 0 Å². The lowest BCUT2D eigenvalue weighted by atomic mass is 10.2. The molecule has 6 nitrogen and oxygen atoms in total. The molecule has 22 heavy (non-hydrogen) atoms. The zero-order valence-corrected chi connectivity index (χ0v) is 12.9. The molecule has 2 aromatic rings. The SMILES string of the molecule is CN1CCC1.Cn1c(C=O)cc2ccc(/C(C=N)=C/N)nc21. The van der Waals surface area contributed by atoms with Crippen LogP contribution < -0.4 is 5.73 Å². The number of likely N-dealkylation sites (tertiary alicyclic amines) is 1. The summed E-state index contributed by atoms with van der Waals surface area (Å²) in [5.74, 6) is 0. The van der Waals surface area contributed by atoms with Gasteiger partial charge in [0.2, 0.25) is 0 Å². The van der Waals surface area contributed by atoms with Crippen LogP contribution in [0.2, 0.25) is 0 Å². The fourth-order valence-corrected chi connectivity index (χ4v) is 2.17. The number of aromatic nitrogens is 2. The molecular formula is C16H21N5O. The number of allylic oxidation sites excluding steroid dienone is 1. The van der Waals surface area contributed by atoms with E-state index in [0.717, 1.165) is 17.9 Å². The number of nitrogens with two attached hydrogens (primary N) is 1. The molecule has 1 aliphatic heterocycles. The number of aldehydes is 1. The number of fused-ring (bicyclic) bond motifs is 1. The number of nitrogens with zero attached hydrogens (tertiary/aromatic N) is 3. The summed E-state index contributed by atoms with van der Waals surface area (Å²) in [5.41, 5.74) is 7.84. The largest absolute Gasteiger partial charge is 0.404 e. The molecule has 3 heterocycles. The molecule has 6 heteroatoms. The van der Waals surface area contributed by atoms with Crippen LogP contribution in [0.5, 0.6) is 0 Å². The highest BCUT2D eigenvalue weighted by molar-refractivity contribution is 6.07. The summed E-state index contributed by atoms with van der Waals surface area (Å²) in [5, 5.41) is 8.11. The van der Waals surface area contributed by atoms with E-state index in [2.05, 4.69) is 16.9 Å². The number of rotatable bonds is 3. The summed E-state index contributed by atoms with van der Waals surface area (Å²) in [6, 6.07) is 5.41. The predicted molar refractivity (Wildman–Crippen MR) is 89.2 cm³/mol. The van der Waals surface area contributed by atoms with Crippen molar-refractivity contribution >= 4 is 29.1 Å². The standard InChI is InChI=1S/C12H12N4O.C4H9N/c1-16-10(7-17)4-8-2-3-11(15-12(8)16)9(5-13)6-14;1-5-3-2-4-5/h2-7,13H,14H2,1H3;2-4H2,1H3/b9-6+,13-5?;. The van der Waals surface area contributed by atoms with Crippen LogP contribution in [-0.4, -0.2) is 47.1 Å². The molecule has 3 rings (SSSR count). The zero-order valence-electron chi connectivity index (χ0n) is 12.9. The van der Waals surface area contributed by atoms with E-state index in [1.165, 1.54) is 25.7 Å². The summed E-state index contributed by atoms with van der Waals surface area (Å²) in [7, 11) is 3.92. The van der Waals surface area contributed by atoms with Gasteiger partial charge in [0.05, 0.1) is 11.4 Å². The minimum atomic E-state index is 0.542. The fourth-order valence-electron chi connectivity index (χ4n) is 2.17. The van der Waals surface area contributed by atoms with Crippen molar-refractivity contribution in [1.29, 1.82) is 5.41 Å². The average Bonchev–Trinajstić information content (AvgIpc) is 2.83. The maximum Gasteiger partial charge on any atom is 0.166 e. The Kier molecular flexibility index (Phi) is 5.06. The first-order chi connectivity index (χ1) is 10.6. The van der Waals surface area contributed by atoms with Gasteiger partial charge in [-0.15, -0.1) is 0 Å². The Hall–Kier alpha value is -2.47. The van der Waals surface area contributed by atoms with Gasteiger partial charge in [-0.1, -0.05) is 0 Å². The third-order valence-electron chi connectivity index (χ3n) is 3.74. The second kappa shape index (κ2) is 7.00. The Balaban J connectivity index is 0.000000299. The van der Waals surface area contributed by atoms with E-state index in [-0.39, 0.29) is 0 Å². The summed E-state index contributed by atoms with van der Waals surface area (Å²) >= 11 is 0. The third kappa shape index (κ3) is 3.23. The van der Waals surface area contributed by atoms with E-state index in [0.29, 0.717) is 22.6 Å². The van der Waals surface area contributed by atoms with E-state index >= 15 is 0 Å². The molecule has 0 radical (unpaired) electrons. The molecule has 2 aromatic heterocycles. The van der Waals surface area contributed by atoms with Gasteiger partial charge in [0, 0.05) is 30.4 Å². The van der Waals surface area contributed by atoms with Gasteiger partial charge < -0.3 is 20.6 Å². The minimum Gasteiger partial charge on any atom is -0.404 e. The Morgan fingerprint density at radius 1 is 1.36 bits per heavy atom. The number of hydrogen-bond acceptors (Lipinski definition) is 5. The molecule has 0 atom stereocenters. The molecular weight excluding hydrogens is 278 g/mol. The normalized spacial score (nSPS) is 14.9. The molecule has 1 saturated heterocycles. The Labute approximate surface area is 129 Å². The van der Waals surface area contributed by atoms with Gasteiger partial charge in [0.1, 0.15) is 5.65 Å².